The minimum atomic E-state index is -0.603. The van der Waals surface area contributed by atoms with Crippen molar-refractivity contribution in [1.82, 2.24) is 0 Å². The van der Waals surface area contributed by atoms with Crippen LogP contribution in [0.15, 0.2) is 36.4 Å². The zero-order valence-electron chi connectivity index (χ0n) is 17.6. The van der Waals surface area contributed by atoms with E-state index in [9.17, 15) is 15.8 Å². The van der Waals surface area contributed by atoms with Gasteiger partial charge in [0.05, 0.1) is 35.0 Å². The molecule has 0 saturated heterocycles. The average Bonchev–Trinajstić information content (AvgIpc) is 2.65. The van der Waals surface area contributed by atoms with Crippen LogP contribution in [0.4, 0.5) is 0 Å². The maximum Gasteiger partial charge on any atom is 0.0766 e. The van der Waals surface area contributed by atoms with Crippen LogP contribution in [-0.2, 0) is 17.3 Å². The van der Waals surface area contributed by atoms with E-state index in [1.54, 1.807) is 0 Å². The Hall–Kier alpha value is -3.09. The van der Waals surface area contributed by atoms with Crippen molar-refractivity contribution in [3.05, 3.63) is 69.8 Å². The second kappa shape index (κ2) is 7.88. The lowest BCUT2D eigenvalue weighted by atomic mass is 9.81. The van der Waals surface area contributed by atoms with E-state index in [0.29, 0.717) is 6.42 Å². The Balaban J connectivity index is 2.46. The number of hydrogen-bond donors (Lipinski definition) is 0. The number of nitrogens with zero attached hydrogens (tertiary/aromatic N) is 3. The molecule has 1 atom stereocenters. The smallest absolute Gasteiger partial charge is 0.0766 e. The molecule has 0 radical (unpaired) electrons. The van der Waals surface area contributed by atoms with Gasteiger partial charge in [0.1, 0.15) is 0 Å². The summed E-state index contributed by atoms with van der Waals surface area (Å²) in [5, 5.41) is 28.8. The molecule has 0 aromatic heterocycles. The fourth-order valence-corrected chi connectivity index (χ4v) is 3.32. The molecule has 0 aliphatic carbocycles. The number of aryl methyl sites for hydroxylation is 2. The number of rotatable bonds is 5. The van der Waals surface area contributed by atoms with Crippen LogP contribution in [0, 0.1) is 47.8 Å². The van der Waals surface area contributed by atoms with Crippen molar-refractivity contribution in [3.8, 4) is 18.2 Å². The zero-order valence-corrected chi connectivity index (χ0v) is 17.6. The van der Waals surface area contributed by atoms with Gasteiger partial charge in [0.15, 0.2) is 0 Å². The van der Waals surface area contributed by atoms with Crippen molar-refractivity contribution in [2.24, 2.45) is 0 Å². The van der Waals surface area contributed by atoms with E-state index < -0.39 is 10.8 Å². The predicted octanol–water partition coefficient (Wildman–Crippen LogP) is 5.76. The average molecular weight is 370 g/mol. The van der Waals surface area contributed by atoms with E-state index in [0.717, 1.165) is 33.4 Å². The van der Waals surface area contributed by atoms with E-state index in [1.165, 1.54) is 0 Å². The molecule has 142 valence electrons. The molecule has 0 heterocycles. The molecule has 3 heteroatoms. The third kappa shape index (κ3) is 4.60. The van der Waals surface area contributed by atoms with Crippen LogP contribution in [0.1, 0.15) is 67.0 Å². The van der Waals surface area contributed by atoms with E-state index >= 15 is 0 Å². The summed E-state index contributed by atoms with van der Waals surface area (Å²) in [5.41, 5.74) is 4.84. The van der Waals surface area contributed by atoms with E-state index in [4.69, 9.17) is 0 Å². The van der Waals surface area contributed by atoms with Crippen LogP contribution in [0.3, 0.4) is 0 Å². The van der Waals surface area contributed by atoms with Crippen LogP contribution < -0.4 is 0 Å². The maximum atomic E-state index is 9.86. The molecule has 2 aromatic carbocycles. The second-order valence-corrected chi connectivity index (χ2v) is 8.70. The van der Waals surface area contributed by atoms with Gasteiger partial charge in [-0.25, -0.2) is 0 Å². The van der Waals surface area contributed by atoms with Gasteiger partial charge in [-0.3, -0.25) is 0 Å². The SMILES string of the molecule is Cc1cc(C[C@H](C#N)c2cc(C)cc(C(C)(C)C#N)c2)cc(C(C)(C)C#N)c1. The topological polar surface area (TPSA) is 71.4 Å². The Morgan fingerprint density at radius 1 is 0.750 bits per heavy atom. The molecule has 2 aromatic rings. The van der Waals surface area contributed by atoms with Gasteiger partial charge in [-0.15, -0.1) is 0 Å². The van der Waals surface area contributed by atoms with Gasteiger partial charge in [-0.2, -0.15) is 15.8 Å². The normalized spacial score (nSPS) is 12.5. The molecular weight excluding hydrogens is 342 g/mol. The monoisotopic (exact) mass is 369 g/mol. The maximum absolute atomic E-state index is 9.86. The molecule has 2 rings (SSSR count). The standard InChI is InChI=1S/C25H27N3/c1-17-7-19(12-22(9-17)24(3,4)15-27)11-21(14-26)20-8-18(2)10-23(13-20)25(5,6)16-28/h7-10,12-13,21H,11H2,1-6H3/t21-/m1/s1. The van der Waals surface area contributed by atoms with Gasteiger partial charge in [0, 0.05) is 0 Å². The van der Waals surface area contributed by atoms with Crippen LogP contribution in [-0.4, -0.2) is 0 Å². The van der Waals surface area contributed by atoms with Crippen molar-refractivity contribution >= 4 is 0 Å². The van der Waals surface area contributed by atoms with Crippen molar-refractivity contribution in [3.63, 3.8) is 0 Å². The molecule has 0 amide bonds. The van der Waals surface area contributed by atoms with Gasteiger partial charge in [0.25, 0.3) is 0 Å². The fraction of sp³-hybridized carbons (Fsp3) is 0.400. The first kappa shape index (κ1) is 21.2. The minimum Gasteiger partial charge on any atom is -0.198 e. The summed E-state index contributed by atoms with van der Waals surface area (Å²) in [5.74, 6) is -0.312. The Morgan fingerprint density at radius 2 is 1.25 bits per heavy atom. The highest BCUT2D eigenvalue weighted by atomic mass is 14.4. The van der Waals surface area contributed by atoms with Crippen LogP contribution >= 0.6 is 0 Å². The molecule has 0 fully saturated rings. The van der Waals surface area contributed by atoms with Crippen LogP contribution in [0.25, 0.3) is 0 Å². The quantitative estimate of drug-likeness (QED) is 0.673. The fourth-order valence-electron chi connectivity index (χ4n) is 3.32. The number of nitriles is 3. The summed E-state index contributed by atoms with van der Waals surface area (Å²) in [6.07, 6.45) is 0.572. The largest absolute Gasteiger partial charge is 0.198 e. The van der Waals surface area contributed by atoms with Gasteiger partial charge in [0.2, 0.25) is 0 Å². The lowest BCUT2D eigenvalue weighted by molar-refractivity contribution is 0.680. The highest BCUT2D eigenvalue weighted by molar-refractivity contribution is 5.42. The Bertz CT molecular complexity index is 1010. The summed E-state index contributed by atoms with van der Waals surface area (Å²) in [6.45, 7) is 11.6. The second-order valence-electron chi connectivity index (χ2n) is 8.70. The molecular formula is C25H27N3. The molecule has 0 N–H and O–H groups in total. The van der Waals surface area contributed by atoms with Crippen molar-refractivity contribution in [1.29, 1.82) is 15.8 Å². The summed E-state index contributed by atoms with van der Waals surface area (Å²) >= 11 is 0. The zero-order chi connectivity index (χ0) is 21.1. The molecule has 0 aliphatic heterocycles. The van der Waals surface area contributed by atoms with Gasteiger partial charge < -0.3 is 0 Å². The Kier molecular flexibility index (Phi) is 5.97. The first-order valence-corrected chi connectivity index (χ1v) is 9.47. The van der Waals surface area contributed by atoms with E-state index in [1.807, 2.05) is 71.9 Å². The predicted molar refractivity (Wildman–Crippen MR) is 112 cm³/mol. The lowest BCUT2D eigenvalue weighted by Crippen LogP contribution is -2.16. The first-order valence-electron chi connectivity index (χ1n) is 9.47. The van der Waals surface area contributed by atoms with Gasteiger partial charge >= 0.3 is 0 Å². The highest BCUT2D eigenvalue weighted by Gasteiger charge is 2.24. The highest BCUT2D eigenvalue weighted by Crippen LogP contribution is 2.31. The molecule has 3 nitrogen and oxygen atoms in total. The van der Waals surface area contributed by atoms with Crippen LogP contribution in [0.5, 0.6) is 0 Å². The van der Waals surface area contributed by atoms with Crippen molar-refractivity contribution < 1.29 is 0 Å². The lowest BCUT2D eigenvalue weighted by Gasteiger charge is -2.21. The van der Waals surface area contributed by atoms with Crippen molar-refractivity contribution in [2.75, 3.05) is 0 Å². The summed E-state index contributed by atoms with van der Waals surface area (Å²) in [4.78, 5) is 0. The first-order chi connectivity index (χ1) is 13.0. The minimum absolute atomic E-state index is 0.312. The molecule has 0 saturated carbocycles. The third-order valence-electron chi connectivity index (χ3n) is 5.24. The number of hydrogen-bond acceptors (Lipinski definition) is 3. The molecule has 0 aliphatic rings. The molecule has 0 bridgehead atoms. The molecule has 28 heavy (non-hydrogen) atoms. The Morgan fingerprint density at radius 3 is 1.75 bits per heavy atom. The third-order valence-corrected chi connectivity index (χ3v) is 5.24. The van der Waals surface area contributed by atoms with E-state index in [2.05, 4.69) is 24.3 Å². The molecule has 0 spiro atoms. The number of benzene rings is 2. The summed E-state index contributed by atoms with van der Waals surface area (Å²) in [7, 11) is 0. The van der Waals surface area contributed by atoms with Crippen LogP contribution in [0.2, 0.25) is 0 Å². The van der Waals surface area contributed by atoms with Crippen molar-refractivity contribution in [2.45, 2.75) is 64.7 Å². The summed E-state index contributed by atoms with van der Waals surface area (Å²) < 4.78 is 0. The molecule has 0 unspecified atom stereocenters. The summed E-state index contributed by atoms with van der Waals surface area (Å²) in [6, 6.07) is 19.3. The van der Waals surface area contributed by atoms with E-state index in [-0.39, 0.29) is 5.92 Å². The van der Waals surface area contributed by atoms with Gasteiger partial charge in [-0.05, 0) is 70.2 Å². The Labute approximate surface area is 168 Å². The van der Waals surface area contributed by atoms with Gasteiger partial charge in [-0.1, -0.05) is 47.5 Å².